The second kappa shape index (κ2) is 5.48. The van der Waals surface area contributed by atoms with E-state index in [1.807, 2.05) is 11.6 Å². The zero-order chi connectivity index (χ0) is 15.0. The van der Waals surface area contributed by atoms with Crippen LogP contribution in [0.2, 0.25) is 0 Å². The van der Waals surface area contributed by atoms with Crippen molar-refractivity contribution in [3.63, 3.8) is 0 Å². The highest BCUT2D eigenvalue weighted by Crippen LogP contribution is 2.21. The molecule has 0 aliphatic carbocycles. The van der Waals surface area contributed by atoms with E-state index in [-0.39, 0.29) is 0 Å². The monoisotopic (exact) mass is 308 g/mol. The minimum absolute atomic E-state index is 0.481. The summed E-state index contributed by atoms with van der Waals surface area (Å²) in [5, 5.41) is 8.34. The van der Waals surface area contributed by atoms with E-state index in [2.05, 4.69) is 31.7 Å². The molecule has 0 saturated carbocycles. The summed E-state index contributed by atoms with van der Waals surface area (Å²) in [6.07, 6.45) is 0.687. The van der Waals surface area contributed by atoms with Gasteiger partial charge in [-0.25, -0.2) is 9.67 Å². The zero-order valence-electron chi connectivity index (χ0n) is 12.3. The molecule has 0 fully saturated rings. The van der Waals surface area contributed by atoms with Crippen molar-refractivity contribution in [1.82, 2.24) is 29.5 Å². The number of alkyl halides is 1. The molecule has 3 heterocycles. The van der Waals surface area contributed by atoms with Gasteiger partial charge in [0, 0.05) is 18.8 Å². The van der Waals surface area contributed by atoms with E-state index in [0.717, 1.165) is 29.2 Å². The maximum atomic E-state index is 5.90. The fourth-order valence-electron chi connectivity index (χ4n) is 2.47. The lowest BCUT2D eigenvalue weighted by molar-refractivity contribution is 0.366. The van der Waals surface area contributed by atoms with Gasteiger partial charge in [0.25, 0.3) is 0 Å². The third kappa shape index (κ3) is 2.42. The Kier molecular flexibility index (Phi) is 3.67. The second-order valence-corrected chi connectivity index (χ2v) is 5.24. The van der Waals surface area contributed by atoms with Gasteiger partial charge in [0.15, 0.2) is 11.5 Å². The summed E-state index contributed by atoms with van der Waals surface area (Å²) in [7, 11) is 0. The molecule has 0 aliphatic heterocycles. The first-order valence-corrected chi connectivity index (χ1v) is 7.45. The molecular formula is C13H17ClN6O. The normalized spacial score (nSPS) is 11.6. The number of aromatic nitrogens is 6. The lowest BCUT2D eigenvalue weighted by atomic mass is 10.4. The van der Waals surface area contributed by atoms with Crippen LogP contribution in [0.25, 0.3) is 11.2 Å². The van der Waals surface area contributed by atoms with Crippen LogP contribution in [0.3, 0.4) is 0 Å². The van der Waals surface area contributed by atoms with Crippen molar-refractivity contribution in [1.29, 1.82) is 0 Å². The predicted molar refractivity (Wildman–Crippen MR) is 78.5 cm³/mol. The number of aryl methyl sites for hydroxylation is 4. The number of halogens is 1. The van der Waals surface area contributed by atoms with Gasteiger partial charge in [-0.3, -0.25) is 0 Å². The summed E-state index contributed by atoms with van der Waals surface area (Å²) >= 11 is 5.90. The standard InChI is InChI=1S/C13H17ClN6O/c1-4-20-13-12(8(2)17-20)16-10(5-6-14)19(13)7-11-15-9(3)18-21-11/h4-7H2,1-3H3. The highest BCUT2D eigenvalue weighted by Gasteiger charge is 2.19. The van der Waals surface area contributed by atoms with Crippen LogP contribution in [-0.4, -0.2) is 35.4 Å². The Morgan fingerprint density at radius 3 is 2.67 bits per heavy atom. The van der Waals surface area contributed by atoms with Crippen LogP contribution in [-0.2, 0) is 19.5 Å². The average molecular weight is 309 g/mol. The highest BCUT2D eigenvalue weighted by atomic mass is 35.5. The van der Waals surface area contributed by atoms with Crippen molar-refractivity contribution >= 4 is 22.8 Å². The van der Waals surface area contributed by atoms with Gasteiger partial charge in [-0.15, -0.1) is 11.6 Å². The minimum atomic E-state index is 0.481. The fourth-order valence-corrected chi connectivity index (χ4v) is 2.64. The van der Waals surface area contributed by atoms with Gasteiger partial charge >= 0.3 is 0 Å². The summed E-state index contributed by atoms with van der Waals surface area (Å²) in [6.45, 7) is 7.08. The molecule has 0 N–H and O–H groups in total. The van der Waals surface area contributed by atoms with Crippen LogP contribution in [0.5, 0.6) is 0 Å². The fraction of sp³-hybridized carbons (Fsp3) is 0.538. The molecule has 3 aromatic heterocycles. The van der Waals surface area contributed by atoms with Crippen molar-refractivity contribution in [3.8, 4) is 0 Å². The molecule has 112 valence electrons. The highest BCUT2D eigenvalue weighted by molar-refractivity contribution is 6.17. The molecule has 21 heavy (non-hydrogen) atoms. The van der Waals surface area contributed by atoms with Gasteiger partial charge in [0.2, 0.25) is 5.89 Å². The van der Waals surface area contributed by atoms with E-state index < -0.39 is 0 Å². The number of fused-ring (bicyclic) bond motifs is 1. The summed E-state index contributed by atoms with van der Waals surface area (Å²) in [5.41, 5.74) is 2.81. The van der Waals surface area contributed by atoms with Crippen molar-refractivity contribution in [2.75, 3.05) is 5.88 Å². The lowest BCUT2D eigenvalue weighted by Crippen LogP contribution is -2.10. The summed E-state index contributed by atoms with van der Waals surface area (Å²) in [5.74, 6) is 2.62. The van der Waals surface area contributed by atoms with Crippen LogP contribution in [0.1, 0.15) is 30.2 Å². The molecule has 3 aromatic rings. The molecule has 0 saturated heterocycles. The smallest absolute Gasteiger partial charge is 0.246 e. The van der Waals surface area contributed by atoms with Crippen LogP contribution >= 0.6 is 11.6 Å². The Labute approximate surface area is 126 Å². The van der Waals surface area contributed by atoms with E-state index in [1.165, 1.54) is 0 Å². The molecule has 0 amide bonds. The average Bonchev–Trinajstić information content (AvgIpc) is 3.10. The van der Waals surface area contributed by atoms with Crippen molar-refractivity contribution in [3.05, 3.63) is 23.2 Å². The molecule has 0 bridgehead atoms. The quantitative estimate of drug-likeness (QED) is 0.675. The lowest BCUT2D eigenvalue weighted by Gasteiger charge is -2.07. The van der Waals surface area contributed by atoms with E-state index in [9.17, 15) is 0 Å². The molecule has 0 aromatic carbocycles. The topological polar surface area (TPSA) is 74.6 Å². The van der Waals surface area contributed by atoms with Crippen molar-refractivity contribution < 1.29 is 4.52 Å². The number of imidazole rings is 1. The minimum Gasteiger partial charge on any atom is -0.337 e. The Morgan fingerprint density at radius 2 is 2.05 bits per heavy atom. The van der Waals surface area contributed by atoms with E-state index in [0.29, 0.717) is 30.6 Å². The maximum absolute atomic E-state index is 5.90. The van der Waals surface area contributed by atoms with Gasteiger partial charge in [-0.05, 0) is 20.8 Å². The molecule has 8 heteroatoms. The molecule has 0 radical (unpaired) electrons. The van der Waals surface area contributed by atoms with E-state index >= 15 is 0 Å². The van der Waals surface area contributed by atoms with Gasteiger partial charge in [-0.1, -0.05) is 5.16 Å². The molecule has 7 nitrogen and oxygen atoms in total. The Hall–Kier alpha value is -1.89. The third-order valence-corrected chi connectivity index (χ3v) is 3.55. The van der Waals surface area contributed by atoms with Gasteiger partial charge < -0.3 is 9.09 Å². The van der Waals surface area contributed by atoms with Crippen LogP contribution < -0.4 is 0 Å². The summed E-state index contributed by atoms with van der Waals surface area (Å²) in [4.78, 5) is 8.95. The third-order valence-electron chi connectivity index (χ3n) is 3.36. The van der Waals surface area contributed by atoms with Gasteiger partial charge in [-0.2, -0.15) is 10.1 Å². The Bertz CT molecular complexity index is 771. The van der Waals surface area contributed by atoms with Gasteiger partial charge in [0.1, 0.15) is 17.9 Å². The largest absolute Gasteiger partial charge is 0.337 e. The van der Waals surface area contributed by atoms with E-state index in [4.69, 9.17) is 16.1 Å². The van der Waals surface area contributed by atoms with Crippen LogP contribution in [0, 0.1) is 13.8 Å². The molecule has 0 aliphatic rings. The van der Waals surface area contributed by atoms with Gasteiger partial charge in [0.05, 0.1) is 5.69 Å². The number of nitrogens with zero attached hydrogens (tertiary/aromatic N) is 6. The molecule has 3 rings (SSSR count). The first kappa shape index (κ1) is 14.1. The van der Waals surface area contributed by atoms with E-state index in [1.54, 1.807) is 6.92 Å². The summed E-state index contributed by atoms with van der Waals surface area (Å²) in [6, 6.07) is 0. The van der Waals surface area contributed by atoms with Crippen LogP contribution in [0.15, 0.2) is 4.52 Å². The molecule has 0 spiro atoms. The van der Waals surface area contributed by atoms with Crippen LogP contribution in [0.4, 0.5) is 0 Å². The second-order valence-electron chi connectivity index (χ2n) is 4.86. The molecular weight excluding hydrogens is 292 g/mol. The zero-order valence-corrected chi connectivity index (χ0v) is 13.1. The SMILES string of the molecule is CCn1nc(C)c2nc(CCCl)n(Cc3nc(C)no3)c21. The molecule has 0 atom stereocenters. The first-order chi connectivity index (χ1) is 10.1. The predicted octanol–water partition coefficient (Wildman–Crippen LogP) is 2.08. The number of hydrogen-bond acceptors (Lipinski definition) is 5. The number of rotatable bonds is 5. The first-order valence-electron chi connectivity index (χ1n) is 6.91. The van der Waals surface area contributed by atoms with Crippen molar-refractivity contribution in [2.24, 2.45) is 0 Å². The number of hydrogen-bond donors (Lipinski definition) is 0. The maximum Gasteiger partial charge on any atom is 0.246 e. The molecule has 0 unspecified atom stereocenters. The Balaban J connectivity index is 2.14. The van der Waals surface area contributed by atoms with Crippen molar-refractivity contribution in [2.45, 2.75) is 40.3 Å². The Morgan fingerprint density at radius 1 is 1.24 bits per heavy atom. The summed E-state index contributed by atoms with van der Waals surface area (Å²) < 4.78 is 9.23.